The topological polar surface area (TPSA) is 73.1 Å². The summed E-state index contributed by atoms with van der Waals surface area (Å²) in [5.41, 5.74) is 4.92. The highest BCUT2D eigenvalue weighted by molar-refractivity contribution is 7.05. The molecule has 0 saturated heterocycles. The van der Waals surface area contributed by atoms with Crippen LogP contribution in [0, 0.1) is 0 Å². The van der Waals surface area contributed by atoms with Crippen molar-refractivity contribution in [2.24, 2.45) is 5.84 Å². The van der Waals surface area contributed by atoms with E-state index in [2.05, 4.69) is 28.9 Å². The van der Waals surface area contributed by atoms with Crippen LogP contribution in [0.25, 0.3) is 0 Å². The van der Waals surface area contributed by atoms with Crippen LogP contribution < -0.4 is 16.0 Å². The number of rotatable bonds is 7. The largest absolute Gasteiger partial charge is 0.494 e. The Morgan fingerprint density at radius 2 is 2.05 bits per heavy atom. The molecule has 0 fully saturated rings. The highest BCUT2D eigenvalue weighted by Crippen LogP contribution is 2.28. The fourth-order valence-electron chi connectivity index (χ4n) is 1.98. The molecule has 0 amide bonds. The Bertz CT molecular complexity index is 526. The van der Waals surface area contributed by atoms with Crippen molar-refractivity contribution in [3.63, 3.8) is 0 Å². The molecule has 1 aromatic carbocycles. The maximum absolute atomic E-state index is 5.71. The summed E-state index contributed by atoms with van der Waals surface area (Å²) < 4.78 is 9.60. The van der Waals surface area contributed by atoms with Crippen LogP contribution in [0.4, 0.5) is 0 Å². The fraction of sp³-hybridized carbons (Fsp3) is 0.429. The van der Waals surface area contributed by atoms with Gasteiger partial charge in [-0.15, -0.1) is 5.10 Å². The first-order chi connectivity index (χ1) is 9.80. The standard InChI is InChI=1S/C14H20N4OS/c1-3-9-19-11-7-5-10(6-8-11)13(16-15)14-12(4-2)17-18-20-14/h5-8,13,16H,3-4,9,15H2,1-2H3. The molecule has 0 aliphatic heterocycles. The van der Waals surface area contributed by atoms with Crippen molar-refractivity contribution in [3.05, 3.63) is 40.4 Å². The number of nitrogens with zero attached hydrogens (tertiary/aromatic N) is 2. The van der Waals surface area contributed by atoms with Crippen LogP contribution in [-0.2, 0) is 6.42 Å². The van der Waals surface area contributed by atoms with Crippen molar-refractivity contribution in [2.45, 2.75) is 32.7 Å². The minimum atomic E-state index is -0.0785. The molecule has 1 atom stereocenters. The van der Waals surface area contributed by atoms with Gasteiger partial charge in [-0.05, 0) is 42.1 Å². The number of hydrogen-bond acceptors (Lipinski definition) is 6. The van der Waals surface area contributed by atoms with Gasteiger partial charge in [0.2, 0.25) is 0 Å². The Kier molecular flexibility index (Phi) is 5.46. The summed E-state index contributed by atoms with van der Waals surface area (Å²) in [4.78, 5) is 1.07. The lowest BCUT2D eigenvalue weighted by molar-refractivity contribution is 0.317. The van der Waals surface area contributed by atoms with Crippen LogP contribution in [0.15, 0.2) is 24.3 Å². The number of hydrogen-bond donors (Lipinski definition) is 2. The number of nitrogens with two attached hydrogens (primary N) is 1. The van der Waals surface area contributed by atoms with Gasteiger partial charge in [0, 0.05) is 0 Å². The third-order valence-electron chi connectivity index (χ3n) is 3.04. The number of aryl methyl sites for hydroxylation is 1. The SMILES string of the molecule is CCCOc1ccc(C(NN)c2snnc2CC)cc1. The summed E-state index contributed by atoms with van der Waals surface area (Å²) >= 11 is 1.38. The van der Waals surface area contributed by atoms with Gasteiger partial charge in [0.25, 0.3) is 0 Å². The zero-order valence-corrected chi connectivity index (χ0v) is 12.6. The molecule has 2 rings (SSSR count). The summed E-state index contributed by atoms with van der Waals surface area (Å²) in [5, 5.41) is 4.14. The molecule has 0 aliphatic rings. The Labute approximate surface area is 123 Å². The van der Waals surface area contributed by atoms with Gasteiger partial charge in [-0.1, -0.05) is 30.5 Å². The van der Waals surface area contributed by atoms with Gasteiger partial charge < -0.3 is 4.74 Å². The zero-order chi connectivity index (χ0) is 14.4. The number of ether oxygens (including phenoxy) is 1. The van der Waals surface area contributed by atoms with Crippen molar-refractivity contribution < 1.29 is 4.74 Å². The second-order valence-electron chi connectivity index (χ2n) is 4.45. The number of aromatic nitrogens is 2. The van der Waals surface area contributed by atoms with E-state index in [1.54, 1.807) is 0 Å². The van der Waals surface area contributed by atoms with E-state index in [0.29, 0.717) is 0 Å². The first kappa shape index (κ1) is 14.9. The first-order valence-corrected chi connectivity index (χ1v) is 7.57. The van der Waals surface area contributed by atoms with Crippen molar-refractivity contribution in [1.82, 2.24) is 15.0 Å². The number of hydrazine groups is 1. The van der Waals surface area contributed by atoms with Gasteiger partial charge in [-0.25, -0.2) is 5.43 Å². The van der Waals surface area contributed by atoms with Crippen molar-refractivity contribution in [3.8, 4) is 5.75 Å². The average Bonchev–Trinajstić information content (AvgIpc) is 2.95. The molecule has 5 nitrogen and oxygen atoms in total. The zero-order valence-electron chi connectivity index (χ0n) is 11.8. The lowest BCUT2D eigenvalue weighted by Gasteiger charge is -2.15. The second kappa shape index (κ2) is 7.33. The lowest BCUT2D eigenvalue weighted by atomic mass is 10.0. The maximum Gasteiger partial charge on any atom is 0.119 e. The Morgan fingerprint density at radius 3 is 2.65 bits per heavy atom. The number of benzene rings is 1. The van der Waals surface area contributed by atoms with Gasteiger partial charge in [0.15, 0.2) is 0 Å². The Hall–Kier alpha value is -1.50. The maximum atomic E-state index is 5.71. The molecule has 0 radical (unpaired) electrons. The van der Waals surface area contributed by atoms with Gasteiger partial charge >= 0.3 is 0 Å². The molecule has 0 aliphatic carbocycles. The molecule has 1 heterocycles. The highest BCUT2D eigenvalue weighted by Gasteiger charge is 2.19. The molecular formula is C14H20N4OS. The molecule has 20 heavy (non-hydrogen) atoms. The van der Waals surface area contributed by atoms with Gasteiger partial charge in [0.1, 0.15) is 5.75 Å². The van der Waals surface area contributed by atoms with E-state index in [-0.39, 0.29) is 6.04 Å². The molecule has 2 aromatic rings. The predicted molar refractivity (Wildman–Crippen MR) is 80.7 cm³/mol. The monoisotopic (exact) mass is 292 g/mol. The summed E-state index contributed by atoms with van der Waals surface area (Å²) in [6.07, 6.45) is 1.85. The lowest BCUT2D eigenvalue weighted by Crippen LogP contribution is -2.28. The Morgan fingerprint density at radius 1 is 1.30 bits per heavy atom. The molecule has 1 aromatic heterocycles. The van der Waals surface area contributed by atoms with Crippen LogP contribution in [0.3, 0.4) is 0 Å². The Balaban J connectivity index is 2.19. The molecule has 0 spiro atoms. The van der Waals surface area contributed by atoms with Crippen LogP contribution in [0.1, 0.15) is 42.4 Å². The van der Waals surface area contributed by atoms with Crippen LogP contribution in [-0.4, -0.2) is 16.2 Å². The third kappa shape index (κ3) is 3.33. The van der Waals surface area contributed by atoms with E-state index in [0.717, 1.165) is 41.3 Å². The van der Waals surface area contributed by atoms with E-state index in [4.69, 9.17) is 10.6 Å². The summed E-state index contributed by atoms with van der Waals surface area (Å²) in [7, 11) is 0. The van der Waals surface area contributed by atoms with Crippen LogP contribution in [0.5, 0.6) is 5.75 Å². The fourth-order valence-corrected chi connectivity index (χ4v) is 2.81. The summed E-state index contributed by atoms with van der Waals surface area (Å²) in [5.74, 6) is 6.59. The van der Waals surface area contributed by atoms with Crippen molar-refractivity contribution in [1.29, 1.82) is 0 Å². The normalized spacial score (nSPS) is 12.3. The second-order valence-corrected chi connectivity index (χ2v) is 5.24. The molecular weight excluding hydrogens is 272 g/mol. The number of nitrogens with one attached hydrogen (secondary N) is 1. The van der Waals surface area contributed by atoms with E-state index in [9.17, 15) is 0 Å². The van der Waals surface area contributed by atoms with Gasteiger partial charge in [0.05, 0.1) is 23.2 Å². The highest BCUT2D eigenvalue weighted by atomic mass is 32.1. The molecule has 6 heteroatoms. The molecule has 1 unspecified atom stereocenters. The first-order valence-electron chi connectivity index (χ1n) is 6.80. The average molecular weight is 292 g/mol. The summed E-state index contributed by atoms with van der Waals surface area (Å²) in [6.45, 7) is 4.89. The van der Waals surface area contributed by atoms with E-state index in [1.807, 2.05) is 24.3 Å². The minimum absolute atomic E-state index is 0.0785. The van der Waals surface area contributed by atoms with Crippen LogP contribution in [0.2, 0.25) is 0 Å². The van der Waals surface area contributed by atoms with E-state index < -0.39 is 0 Å². The van der Waals surface area contributed by atoms with E-state index in [1.165, 1.54) is 11.5 Å². The minimum Gasteiger partial charge on any atom is -0.494 e. The third-order valence-corrected chi connectivity index (χ3v) is 3.87. The summed E-state index contributed by atoms with van der Waals surface area (Å²) in [6, 6.07) is 7.90. The molecule has 0 saturated carbocycles. The van der Waals surface area contributed by atoms with Crippen molar-refractivity contribution >= 4 is 11.5 Å². The molecule has 108 valence electrons. The van der Waals surface area contributed by atoms with Crippen molar-refractivity contribution in [2.75, 3.05) is 6.61 Å². The van der Waals surface area contributed by atoms with Crippen LogP contribution >= 0.6 is 11.5 Å². The molecule has 0 bridgehead atoms. The quantitative estimate of drug-likeness (QED) is 0.606. The predicted octanol–water partition coefficient (Wildman–Crippen LogP) is 2.44. The van der Waals surface area contributed by atoms with E-state index >= 15 is 0 Å². The van der Waals surface area contributed by atoms with Gasteiger partial charge in [-0.2, -0.15) is 0 Å². The smallest absolute Gasteiger partial charge is 0.119 e. The molecule has 3 N–H and O–H groups in total. The van der Waals surface area contributed by atoms with Gasteiger partial charge in [-0.3, -0.25) is 5.84 Å².